The maximum Gasteiger partial charge on any atom is 0.303 e. The molecule has 16 heteroatoms. The Morgan fingerprint density at radius 1 is 1.06 bits per heavy atom. The predicted octanol–water partition coefficient (Wildman–Crippen LogP) is 0.0419. The number of thiocarbonyl (C=S) groups is 1. The summed E-state index contributed by atoms with van der Waals surface area (Å²) < 4.78 is 21.6. The number of carbonyl (C=O) groups is 3. The van der Waals surface area contributed by atoms with E-state index in [1.165, 1.54) is 0 Å². The molecule has 1 saturated carbocycles. The van der Waals surface area contributed by atoms with Crippen LogP contribution in [0.1, 0.15) is 40.0 Å². The normalized spacial score (nSPS) is 32.4. The first-order valence-electron chi connectivity index (χ1n) is 10.7. The summed E-state index contributed by atoms with van der Waals surface area (Å²) in [5.41, 5.74) is 0. The zero-order chi connectivity index (χ0) is 26.3. The highest BCUT2D eigenvalue weighted by Gasteiger charge is 2.53. The Hall–Kier alpha value is -3.07. The Bertz CT molecular complexity index is 896. The molecule has 0 amide bonds. The number of isothiocyanates is 1. The largest absolute Gasteiger partial charge is 0.463 e. The summed E-state index contributed by atoms with van der Waals surface area (Å²) in [5.74, 6) is -2.17. The second-order valence-corrected chi connectivity index (χ2v) is 8.32. The van der Waals surface area contributed by atoms with Gasteiger partial charge in [0.1, 0.15) is 12.7 Å². The van der Waals surface area contributed by atoms with Crippen molar-refractivity contribution < 1.29 is 43.2 Å². The molecule has 2 rings (SSSR count). The van der Waals surface area contributed by atoms with Crippen LogP contribution in [0.5, 0.6) is 0 Å². The van der Waals surface area contributed by atoms with Crippen molar-refractivity contribution in [3.05, 3.63) is 20.2 Å². The minimum atomic E-state index is -1.33. The van der Waals surface area contributed by atoms with Crippen LogP contribution in [0.4, 0.5) is 0 Å². The molecule has 35 heavy (non-hydrogen) atoms. The van der Waals surface area contributed by atoms with Crippen molar-refractivity contribution in [3.8, 4) is 0 Å². The van der Waals surface area contributed by atoms with Gasteiger partial charge < -0.3 is 18.9 Å². The summed E-state index contributed by atoms with van der Waals surface area (Å²) in [7, 11) is 0. The third kappa shape index (κ3) is 7.71. The summed E-state index contributed by atoms with van der Waals surface area (Å²) in [6.07, 6.45) is -5.11. The molecule has 2 fully saturated rings. The van der Waals surface area contributed by atoms with E-state index in [4.69, 9.17) is 18.9 Å². The molecule has 0 radical (unpaired) electrons. The van der Waals surface area contributed by atoms with Gasteiger partial charge in [-0.15, -0.1) is 0 Å². The number of hydrogen-bond donors (Lipinski definition) is 1. The van der Waals surface area contributed by atoms with Crippen LogP contribution in [0.2, 0.25) is 0 Å². The van der Waals surface area contributed by atoms with E-state index in [1.807, 2.05) is 0 Å². The third-order valence-electron chi connectivity index (χ3n) is 5.66. The highest BCUT2D eigenvalue weighted by molar-refractivity contribution is 7.78. The zero-order valence-corrected chi connectivity index (χ0v) is 20.0. The van der Waals surface area contributed by atoms with Gasteiger partial charge in [-0.25, -0.2) is 0 Å². The van der Waals surface area contributed by atoms with Crippen molar-refractivity contribution in [1.82, 2.24) is 5.32 Å². The fourth-order valence-electron chi connectivity index (χ4n) is 4.25. The third-order valence-corrected chi connectivity index (χ3v) is 5.77. The van der Waals surface area contributed by atoms with Gasteiger partial charge in [0.15, 0.2) is 18.4 Å². The van der Waals surface area contributed by atoms with Crippen LogP contribution in [-0.4, -0.2) is 88.2 Å². The smallest absolute Gasteiger partial charge is 0.303 e. The molecular weight excluding hydrogens is 492 g/mol. The Kier molecular flexibility index (Phi) is 10.1. The number of nitro groups is 2. The fraction of sp³-hybridized carbons (Fsp3) is 0.789. The number of ether oxygens (including phenoxy) is 4. The van der Waals surface area contributed by atoms with Crippen LogP contribution in [0, 0.1) is 20.2 Å². The molecule has 0 spiro atoms. The average Bonchev–Trinajstić information content (AvgIpc) is 2.75. The minimum Gasteiger partial charge on any atom is -0.463 e. The average molecular weight is 519 g/mol. The van der Waals surface area contributed by atoms with Crippen molar-refractivity contribution >= 4 is 35.3 Å². The lowest BCUT2D eigenvalue weighted by molar-refractivity contribution is -0.570. The van der Waals surface area contributed by atoms with Crippen LogP contribution in [0.15, 0.2) is 4.99 Å². The maximum atomic E-state index is 11.9. The van der Waals surface area contributed by atoms with Gasteiger partial charge in [0.25, 0.3) is 0 Å². The molecule has 0 unspecified atom stereocenters. The Labute approximate surface area is 204 Å². The van der Waals surface area contributed by atoms with Gasteiger partial charge >= 0.3 is 17.9 Å². The minimum absolute atomic E-state index is 0.0592. The number of esters is 3. The van der Waals surface area contributed by atoms with Crippen molar-refractivity contribution in [2.45, 2.75) is 88.7 Å². The molecule has 2 aliphatic rings. The molecule has 0 aromatic carbocycles. The number of hydrogen-bond acceptors (Lipinski definition) is 14. The Morgan fingerprint density at radius 3 is 2.20 bits per heavy atom. The monoisotopic (exact) mass is 518 g/mol. The number of carbonyl (C=O) groups excluding carboxylic acids is 3. The summed E-state index contributed by atoms with van der Waals surface area (Å²) in [6, 6.07) is -4.42. The molecule has 1 aliphatic carbocycles. The summed E-state index contributed by atoms with van der Waals surface area (Å²) in [4.78, 5) is 60.8. The number of rotatable bonds is 9. The van der Waals surface area contributed by atoms with E-state index in [9.17, 15) is 34.6 Å². The molecule has 0 bridgehead atoms. The molecule has 1 heterocycles. The van der Waals surface area contributed by atoms with Crippen LogP contribution in [0.3, 0.4) is 0 Å². The van der Waals surface area contributed by atoms with Crippen molar-refractivity contribution in [2.24, 2.45) is 4.99 Å². The molecule has 0 aromatic rings. The van der Waals surface area contributed by atoms with E-state index < -0.39 is 76.5 Å². The second-order valence-electron chi connectivity index (χ2n) is 8.14. The number of nitrogens with zero attached hydrogens (tertiary/aromatic N) is 3. The molecule has 1 N–H and O–H groups in total. The van der Waals surface area contributed by atoms with Gasteiger partial charge in [-0.2, -0.15) is 4.99 Å². The highest BCUT2D eigenvalue weighted by atomic mass is 32.1. The van der Waals surface area contributed by atoms with Gasteiger partial charge in [0, 0.05) is 37.0 Å². The SMILES string of the molecule is CC(=O)OC[C@H]1O[C@@H](N=C=S)[C@H](N[C@@H]2CC[C@H]([N+](=O)[O-])C[C@@H]2[N+](=O)[O-])[C@@H](OC(C)=O)[C@@H]1OC(C)=O. The van der Waals surface area contributed by atoms with Gasteiger partial charge in [0.05, 0.1) is 23.7 Å². The van der Waals surface area contributed by atoms with E-state index in [2.05, 4.69) is 27.7 Å². The van der Waals surface area contributed by atoms with Crippen LogP contribution in [-0.2, 0) is 33.3 Å². The summed E-state index contributed by atoms with van der Waals surface area (Å²) in [6.45, 7) is 2.99. The number of aliphatic imine (C=N–C) groups is 1. The highest BCUT2D eigenvalue weighted by Crippen LogP contribution is 2.30. The van der Waals surface area contributed by atoms with E-state index in [-0.39, 0.29) is 25.9 Å². The summed E-state index contributed by atoms with van der Waals surface area (Å²) in [5, 5.41) is 28.0. The molecule has 1 saturated heterocycles. The zero-order valence-electron chi connectivity index (χ0n) is 19.2. The number of nitrogens with one attached hydrogen (secondary N) is 1. The van der Waals surface area contributed by atoms with E-state index in [1.54, 1.807) is 0 Å². The Balaban J connectivity index is 2.43. The van der Waals surface area contributed by atoms with E-state index in [0.717, 1.165) is 20.8 Å². The first-order valence-corrected chi connectivity index (χ1v) is 11.1. The van der Waals surface area contributed by atoms with Crippen molar-refractivity contribution in [1.29, 1.82) is 0 Å². The molecule has 1 aliphatic heterocycles. The first-order chi connectivity index (χ1) is 16.4. The topological polar surface area (TPSA) is 199 Å². The van der Waals surface area contributed by atoms with Crippen molar-refractivity contribution in [2.75, 3.05) is 6.61 Å². The van der Waals surface area contributed by atoms with Gasteiger partial charge in [0.2, 0.25) is 12.1 Å². The van der Waals surface area contributed by atoms with Gasteiger partial charge in [-0.1, -0.05) is 0 Å². The molecule has 0 aromatic heterocycles. The first kappa shape index (κ1) is 28.2. The lowest BCUT2D eigenvalue weighted by Crippen LogP contribution is -2.68. The molecule has 194 valence electrons. The van der Waals surface area contributed by atoms with Crippen LogP contribution < -0.4 is 5.32 Å². The van der Waals surface area contributed by atoms with Gasteiger partial charge in [-0.3, -0.25) is 39.9 Å². The maximum absolute atomic E-state index is 11.9. The molecule has 8 atom stereocenters. The summed E-state index contributed by atoms with van der Waals surface area (Å²) >= 11 is 4.68. The quantitative estimate of drug-likeness (QED) is 0.107. The lowest BCUT2D eigenvalue weighted by Gasteiger charge is -2.45. The standard InChI is InChI=1S/C19H26N4O11S/c1-9(24)31-7-15-17(32-10(2)25)18(33-11(3)26)16(19(34-15)20-8-35)21-13-5-4-12(22(27)28)6-14(13)23(29)30/h12-19,21H,4-7H2,1-3H3/t12-,13+,14-,15+,16+,17+,18+,19+/m0/s1. The van der Waals surface area contributed by atoms with Crippen molar-refractivity contribution in [3.63, 3.8) is 0 Å². The molecule has 15 nitrogen and oxygen atoms in total. The van der Waals surface area contributed by atoms with Gasteiger partial charge in [-0.05, 0) is 18.6 Å². The fourth-order valence-corrected chi connectivity index (χ4v) is 4.35. The molecular formula is C19H26N4O11S. The van der Waals surface area contributed by atoms with E-state index in [0.29, 0.717) is 0 Å². The lowest BCUT2D eigenvalue weighted by atomic mass is 9.85. The second kappa shape index (κ2) is 12.6. The predicted molar refractivity (Wildman–Crippen MR) is 118 cm³/mol. The van der Waals surface area contributed by atoms with E-state index >= 15 is 0 Å². The Morgan fingerprint density at radius 2 is 1.69 bits per heavy atom. The van der Waals surface area contributed by atoms with Crippen LogP contribution >= 0.6 is 12.2 Å². The van der Waals surface area contributed by atoms with Crippen LogP contribution in [0.25, 0.3) is 0 Å².